The molecule has 2 aromatic carbocycles. The Labute approximate surface area is 152 Å². The summed E-state index contributed by atoms with van der Waals surface area (Å²) in [5, 5.41) is 13.1. The lowest BCUT2D eigenvalue weighted by molar-refractivity contribution is -0.0611. The van der Waals surface area contributed by atoms with Crippen molar-refractivity contribution >= 4 is 6.09 Å². The SMILES string of the molecule is O=C(NCC1(O)CCOCC1)OCC1c2ccccc2-c2ccccc21. The maximum Gasteiger partial charge on any atom is 0.407 e. The van der Waals surface area contributed by atoms with Gasteiger partial charge in [-0.1, -0.05) is 48.5 Å². The van der Waals surface area contributed by atoms with E-state index in [1.165, 1.54) is 22.3 Å². The van der Waals surface area contributed by atoms with Crippen molar-refractivity contribution in [2.45, 2.75) is 24.4 Å². The van der Waals surface area contributed by atoms with Crippen LogP contribution in [0.25, 0.3) is 11.1 Å². The number of amides is 1. The van der Waals surface area contributed by atoms with Gasteiger partial charge in [-0.3, -0.25) is 0 Å². The van der Waals surface area contributed by atoms with Gasteiger partial charge in [0.2, 0.25) is 0 Å². The zero-order valence-electron chi connectivity index (χ0n) is 14.6. The third-order valence-electron chi connectivity index (χ3n) is 5.33. The van der Waals surface area contributed by atoms with Crippen molar-refractivity contribution < 1.29 is 19.4 Å². The summed E-state index contributed by atoms with van der Waals surface area (Å²) >= 11 is 0. The number of carbonyl (C=O) groups is 1. The summed E-state index contributed by atoms with van der Waals surface area (Å²) in [4.78, 5) is 12.1. The van der Waals surface area contributed by atoms with E-state index in [1.807, 2.05) is 24.3 Å². The van der Waals surface area contributed by atoms with Crippen LogP contribution in [0.15, 0.2) is 48.5 Å². The standard InChI is InChI=1S/C21H23NO4/c23-20(22-14-21(24)9-11-25-12-10-21)26-13-19-17-7-3-1-5-15(17)16-6-2-4-8-18(16)19/h1-8,19,24H,9-14H2,(H,22,23). The molecule has 0 spiro atoms. The van der Waals surface area contributed by atoms with E-state index < -0.39 is 11.7 Å². The predicted octanol–water partition coefficient (Wildman–Crippen LogP) is 3.07. The highest BCUT2D eigenvalue weighted by molar-refractivity contribution is 5.79. The van der Waals surface area contributed by atoms with E-state index in [1.54, 1.807) is 0 Å². The third kappa shape index (κ3) is 3.32. The number of carbonyl (C=O) groups excluding carboxylic acids is 1. The molecule has 0 aromatic heterocycles. The molecule has 0 saturated carbocycles. The first-order chi connectivity index (χ1) is 12.7. The molecule has 0 unspecified atom stereocenters. The molecule has 4 rings (SSSR count). The molecule has 1 saturated heterocycles. The smallest absolute Gasteiger partial charge is 0.407 e. The van der Waals surface area contributed by atoms with Gasteiger partial charge in [-0.15, -0.1) is 0 Å². The van der Waals surface area contributed by atoms with Crippen molar-refractivity contribution in [3.05, 3.63) is 59.7 Å². The number of ether oxygens (including phenoxy) is 2. The molecule has 0 bridgehead atoms. The van der Waals surface area contributed by atoms with E-state index in [2.05, 4.69) is 29.6 Å². The Morgan fingerprint density at radius 1 is 1.08 bits per heavy atom. The molecule has 2 N–H and O–H groups in total. The molecule has 1 aliphatic heterocycles. The Kier molecular flexibility index (Phi) is 4.66. The van der Waals surface area contributed by atoms with Crippen LogP contribution >= 0.6 is 0 Å². The Morgan fingerprint density at radius 2 is 1.65 bits per heavy atom. The van der Waals surface area contributed by atoms with Crippen LogP contribution in [0.4, 0.5) is 4.79 Å². The topological polar surface area (TPSA) is 67.8 Å². The van der Waals surface area contributed by atoms with Gasteiger partial charge >= 0.3 is 6.09 Å². The van der Waals surface area contributed by atoms with Gasteiger partial charge in [0.15, 0.2) is 0 Å². The summed E-state index contributed by atoms with van der Waals surface area (Å²) in [7, 11) is 0. The monoisotopic (exact) mass is 353 g/mol. The zero-order chi connectivity index (χ0) is 18.0. The first kappa shape index (κ1) is 17.1. The fourth-order valence-corrected chi connectivity index (χ4v) is 3.81. The zero-order valence-corrected chi connectivity index (χ0v) is 14.6. The molecule has 5 heteroatoms. The van der Waals surface area contributed by atoms with Crippen molar-refractivity contribution in [2.24, 2.45) is 0 Å². The summed E-state index contributed by atoms with van der Waals surface area (Å²) in [6.45, 7) is 1.50. The molecule has 5 nitrogen and oxygen atoms in total. The Bertz CT molecular complexity index is 753. The van der Waals surface area contributed by atoms with Crippen molar-refractivity contribution in [1.29, 1.82) is 0 Å². The van der Waals surface area contributed by atoms with Crippen molar-refractivity contribution in [3.63, 3.8) is 0 Å². The van der Waals surface area contributed by atoms with Gasteiger partial charge in [0.25, 0.3) is 0 Å². The minimum atomic E-state index is -0.899. The second-order valence-corrected chi connectivity index (χ2v) is 7.02. The Hall–Kier alpha value is -2.37. The summed E-state index contributed by atoms with van der Waals surface area (Å²) < 4.78 is 10.7. The number of rotatable bonds is 4. The van der Waals surface area contributed by atoms with Crippen LogP contribution < -0.4 is 5.32 Å². The Balaban J connectivity index is 1.39. The second-order valence-electron chi connectivity index (χ2n) is 7.02. The van der Waals surface area contributed by atoms with Gasteiger partial charge < -0.3 is 19.9 Å². The second kappa shape index (κ2) is 7.09. The molecule has 1 fully saturated rings. The molecule has 1 amide bonds. The summed E-state index contributed by atoms with van der Waals surface area (Å²) in [6.07, 6.45) is 0.555. The first-order valence-electron chi connectivity index (χ1n) is 9.05. The Morgan fingerprint density at radius 3 is 2.27 bits per heavy atom. The highest BCUT2D eigenvalue weighted by Gasteiger charge is 2.31. The van der Waals surface area contributed by atoms with Gasteiger partial charge in [0.1, 0.15) is 6.61 Å². The highest BCUT2D eigenvalue weighted by Crippen LogP contribution is 2.44. The quantitative estimate of drug-likeness (QED) is 0.886. The first-order valence-corrected chi connectivity index (χ1v) is 9.05. The molecular formula is C21H23NO4. The average Bonchev–Trinajstić information content (AvgIpc) is 2.99. The van der Waals surface area contributed by atoms with Gasteiger partial charge in [-0.25, -0.2) is 4.79 Å². The molecule has 1 aliphatic carbocycles. The maximum absolute atomic E-state index is 12.1. The van der Waals surface area contributed by atoms with E-state index in [0.717, 1.165) is 0 Å². The summed E-state index contributed by atoms with van der Waals surface area (Å²) in [6, 6.07) is 16.5. The number of fused-ring (bicyclic) bond motifs is 3. The van der Waals surface area contributed by atoms with Crippen molar-refractivity contribution in [1.82, 2.24) is 5.32 Å². The molecule has 0 atom stereocenters. The highest BCUT2D eigenvalue weighted by atomic mass is 16.5. The molecule has 2 aliphatic rings. The minimum absolute atomic E-state index is 0.0410. The number of hydrogen-bond donors (Lipinski definition) is 2. The van der Waals surface area contributed by atoms with Gasteiger partial charge in [-0.05, 0) is 22.3 Å². The van der Waals surface area contributed by atoms with Crippen LogP contribution in [0.3, 0.4) is 0 Å². The van der Waals surface area contributed by atoms with E-state index >= 15 is 0 Å². The number of nitrogens with one attached hydrogen (secondary N) is 1. The van der Waals surface area contributed by atoms with Crippen LogP contribution in [0.1, 0.15) is 29.9 Å². The third-order valence-corrected chi connectivity index (χ3v) is 5.33. The van der Waals surface area contributed by atoms with E-state index in [-0.39, 0.29) is 19.1 Å². The van der Waals surface area contributed by atoms with Crippen molar-refractivity contribution in [2.75, 3.05) is 26.4 Å². The van der Waals surface area contributed by atoms with Gasteiger partial charge in [0.05, 0.1) is 5.60 Å². The van der Waals surface area contributed by atoms with Crippen LogP contribution in [0, 0.1) is 0 Å². The van der Waals surface area contributed by atoms with E-state index in [4.69, 9.17) is 9.47 Å². The molecule has 2 aromatic rings. The fourth-order valence-electron chi connectivity index (χ4n) is 3.81. The maximum atomic E-state index is 12.1. The summed E-state index contributed by atoms with van der Waals surface area (Å²) in [5.74, 6) is 0.0410. The fraction of sp³-hybridized carbons (Fsp3) is 0.381. The van der Waals surface area contributed by atoms with Crippen LogP contribution in [0.2, 0.25) is 0 Å². The molecular weight excluding hydrogens is 330 g/mol. The number of benzene rings is 2. The lowest BCUT2D eigenvalue weighted by Crippen LogP contribution is -2.46. The van der Waals surface area contributed by atoms with Gasteiger partial charge in [0, 0.05) is 38.5 Å². The molecule has 0 radical (unpaired) electrons. The summed E-state index contributed by atoms with van der Waals surface area (Å²) in [5.41, 5.74) is 3.88. The number of aliphatic hydroxyl groups is 1. The van der Waals surface area contributed by atoms with E-state index in [9.17, 15) is 9.90 Å². The predicted molar refractivity (Wildman–Crippen MR) is 98.1 cm³/mol. The average molecular weight is 353 g/mol. The van der Waals surface area contributed by atoms with Crippen LogP contribution in [-0.4, -0.2) is 43.2 Å². The number of alkyl carbamates (subject to hydrolysis) is 1. The van der Waals surface area contributed by atoms with Crippen molar-refractivity contribution in [3.8, 4) is 11.1 Å². The minimum Gasteiger partial charge on any atom is -0.449 e. The number of hydrogen-bond acceptors (Lipinski definition) is 4. The lowest BCUT2D eigenvalue weighted by atomic mass is 9.94. The molecule has 26 heavy (non-hydrogen) atoms. The van der Waals surface area contributed by atoms with Crippen LogP contribution in [-0.2, 0) is 9.47 Å². The normalized spacial score (nSPS) is 18.0. The molecule has 136 valence electrons. The van der Waals surface area contributed by atoms with E-state index in [0.29, 0.717) is 26.1 Å². The molecule has 1 heterocycles. The van der Waals surface area contributed by atoms with Crippen LogP contribution in [0.5, 0.6) is 0 Å². The van der Waals surface area contributed by atoms with Gasteiger partial charge in [-0.2, -0.15) is 0 Å². The largest absolute Gasteiger partial charge is 0.449 e. The lowest BCUT2D eigenvalue weighted by Gasteiger charge is -2.31.